The number of benzene rings is 2. The number of hydrogen-bond acceptors (Lipinski definition) is 6. The first-order valence-corrected chi connectivity index (χ1v) is 18.0. The van der Waals surface area contributed by atoms with E-state index in [4.69, 9.17) is 4.74 Å². The Kier molecular flexibility index (Phi) is 11.1. The lowest BCUT2D eigenvalue weighted by Crippen LogP contribution is -2.43. The van der Waals surface area contributed by atoms with Crippen molar-refractivity contribution < 1.29 is 9.53 Å². The fourth-order valence-electron chi connectivity index (χ4n) is 7.73. The maximum absolute atomic E-state index is 14.0. The van der Waals surface area contributed by atoms with E-state index < -0.39 is 0 Å². The van der Waals surface area contributed by atoms with Crippen LogP contribution in [0.15, 0.2) is 41.2 Å². The summed E-state index contributed by atoms with van der Waals surface area (Å²) in [6.45, 7) is 14.3. The van der Waals surface area contributed by atoms with Gasteiger partial charge in [0.2, 0.25) is 0 Å². The molecule has 0 spiro atoms. The number of piperazine rings is 1. The summed E-state index contributed by atoms with van der Waals surface area (Å²) in [6, 6.07) is 13.4. The van der Waals surface area contributed by atoms with Crippen molar-refractivity contribution in [2.24, 2.45) is 0 Å². The second-order valence-corrected chi connectivity index (χ2v) is 13.9. The van der Waals surface area contributed by atoms with Crippen molar-refractivity contribution in [3.63, 3.8) is 0 Å². The SMILES string of the molecule is CCN(c1cc(/C=C/c2ccc(CN3CCN(C)CC3)cc2)cc(C(=O)NCc2c3c(c(C)[nH]c2=O)CCCC3)c1C)C1CCOCC1. The topological polar surface area (TPSA) is 80.9 Å². The van der Waals surface area contributed by atoms with Crippen LogP contribution in [-0.4, -0.2) is 79.7 Å². The smallest absolute Gasteiger partial charge is 0.253 e. The summed E-state index contributed by atoms with van der Waals surface area (Å²) in [6.07, 6.45) is 10.3. The third-order valence-corrected chi connectivity index (χ3v) is 10.7. The minimum absolute atomic E-state index is 0.0891. The van der Waals surface area contributed by atoms with Gasteiger partial charge in [-0.05, 0) is 112 Å². The Bertz CT molecular complexity index is 1660. The van der Waals surface area contributed by atoms with Gasteiger partial charge in [-0.15, -0.1) is 0 Å². The number of aromatic nitrogens is 1. The molecule has 0 saturated carbocycles. The van der Waals surface area contributed by atoms with Crippen LogP contribution < -0.4 is 15.8 Å². The number of likely N-dealkylation sites (N-methyl/N-ethyl adjacent to an activating group) is 1. The quantitative estimate of drug-likeness (QED) is 0.273. The van der Waals surface area contributed by atoms with Gasteiger partial charge in [0.15, 0.2) is 0 Å². The van der Waals surface area contributed by atoms with Crippen LogP contribution in [0.1, 0.15) is 87.6 Å². The average Bonchev–Trinajstić information content (AvgIpc) is 3.10. The molecule has 1 amide bonds. The van der Waals surface area contributed by atoms with Gasteiger partial charge in [-0.3, -0.25) is 14.5 Å². The molecule has 3 heterocycles. The van der Waals surface area contributed by atoms with Crippen LogP contribution in [0.5, 0.6) is 0 Å². The van der Waals surface area contributed by atoms with E-state index in [2.05, 4.69) is 88.4 Å². The molecule has 2 aliphatic heterocycles. The molecular weight excluding hydrogens is 598 g/mol. The number of hydrogen-bond donors (Lipinski definition) is 2. The van der Waals surface area contributed by atoms with Crippen molar-refractivity contribution in [2.75, 3.05) is 57.9 Å². The number of aromatic amines is 1. The molecule has 8 heteroatoms. The van der Waals surface area contributed by atoms with Crippen LogP contribution >= 0.6 is 0 Å². The Labute approximate surface area is 286 Å². The molecule has 1 aromatic heterocycles. The second kappa shape index (κ2) is 15.7. The summed E-state index contributed by atoms with van der Waals surface area (Å²) in [7, 11) is 2.19. The number of pyridine rings is 1. The summed E-state index contributed by atoms with van der Waals surface area (Å²) < 4.78 is 5.68. The van der Waals surface area contributed by atoms with Crippen LogP contribution in [-0.2, 0) is 30.7 Å². The minimum atomic E-state index is -0.148. The van der Waals surface area contributed by atoms with E-state index in [1.807, 2.05) is 13.0 Å². The Morgan fingerprint density at radius 2 is 1.67 bits per heavy atom. The molecule has 0 radical (unpaired) electrons. The van der Waals surface area contributed by atoms with Crippen LogP contribution in [0.4, 0.5) is 5.69 Å². The van der Waals surface area contributed by atoms with Crippen molar-refractivity contribution in [3.8, 4) is 0 Å². The van der Waals surface area contributed by atoms with Crippen molar-refractivity contribution in [3.05, 3.63) is 97.0 Å². The number of carbonyl (C=O) groups excluding carboxylic acids is 1. The second-order valence-electron chi connectivity index (χ2n) is 13.9. The molecule has 3 aromatic rings. The largest absolute Gasteiger partial charge is 0.381 e. The number of ether oxygens (including phenoxy) is 1. The van der Waals surface area contributed by atoms with Crippen LogP contribution in [0.25, 0.3) is 12.2 Å². The van der Waals surface area contributed by atoms with Gasteiger partial charge < -0.3 is 24.8 Å². The summed E-state index contributed by atoms with van der Waals surface area (Å²) >= 11 is 0. The van der Waals surface area contributed by atoms with Crippen molar-refractivity contribution in [1.29, 1.82) is 0 Å². The molecule has 256 valence electrons. The van der Waals surface area contributed by atoms with Gasteiger partial charge in [-0.25, -0.2) is 0 Å². The van der Waals surface area contributed by atoms with Gasteiger partial charge in [-0.1, -0.05) is 36.4 Å². The molecule has 0 unspecified atom stereocenters. The van der Waals surface area contributed by atoms with Gasteiger partial charge in [0, 0.05) is 87.6 Å². The van der Waals surface area contributed by atoms with Gasteiger partial charge in [0.1, 0.15) is 0 Å². The summed E-state index contributed by atoms with van der Waals surface area (Å²) in [5.41, 5.74) is 10.1. The molecule has 3 aliphatic rings. The zero-order valence-corrected chi connectivity index (χ0v) is 29.4. The number of aryl methyl sites for hydroxylation is 1. The van der Waals surface area contributed by atoms with Crippen LogP contribution in [0.3, 0.4) is 0 Å². The average molecular weight is 652 g/mol. The highest BCUT2D eigenvalue weighted by Gasteiger charge is 2.25. The number of amides is 1. The highest BCUT2D eigenvalue weighted by atomic mass is 16.5. The summed E-state index contributed by atoms with van der Waals surface area (Å²) in [5, 5.41) is 3.15. The Hall–Kier alpha value is -3.72. The standard InChI is InChI=1S/C40H53N5O3/c1-5-45(33-16-22-48-23-17-33)38-25-32(15-12-30-10-13-31(14-11-30)27-44-20-18-43(4)19-21-44)24-36(28(38)2)39(46)41-26-37-35-9-7-6-8-34(35)29(3)42-40(37)47/h10-15,24-25,33H,5-9,16-23,26-27H2,1-4H3,(H,41,46)(H,42,47)/b15-12+. The zero-order chi connectivity index (χ0) is 33.6. The maximum atomic E-state index is 14.0. The Morgan fingerprint density at radius 1 is 0.979 bits per heavy atom. The Morgan fingerprint density at radius 3 is 2.38 bits per heavy atom. The molecule has 2 saturated heterocycles. The number of anilines is 1. The van der Waals surface area contributed by atoms with E-state index in [9.17, 15) is 9.59 Å². The number of nitrogens with zero attached hydrogens (tertiary/aromatic N) is 3. The maximum Gasteiger partial charge on any atom is 0.253 e. The lowest BCUT2D eigenvalue weighted by molar-refractivity contribution is 0.0845. The Balaban J connectivity index is 1.25. The van der Waals surface area contributed by atoms with E-state index in [1.165, 1.54) is 11.1 Å². The molecule has 2 N–H and O–H groups in total. The van der Waals surface area contributed by atoms with E-state index in [0.29, 0.717) is 17.2 Å². The van der Waals surface area contributed by atoms with E-state index in [0.717, 1.165) is 125 Å². The first-order chi connectivity index (χ1) is 23.3. The van der Waals surface area contributed by atoms with Gasteiger partial charge in [0.25, 0.3) is 11.5 Å². The predicted octanol–water partition coefficient (Wildman–Crippen LogP) is 5.72. The lowest BCUT2D eigenvalue weighted by Gasteiger charge is -2.36. The molecule has 0 atom stereocenters. The van der Waals surface area contributed by atoms with E-state index >= 15 is 0 Å². The third kappa shape index (κ3) is 7.94. The van der Waals surface area contributed by atoms with E-state index in [-0.39, 0.29) is 18.0 Å². The molecule has 2 fully saturated rings. The van der Waals surface area contributed by atoms with Gasteiger partial charge in [-0.2, -0.15) is 0 Å². The van der Waals surface area contributed by atoms with Gasteiger partial charge in [0.05, 0.1) is 0 Å². The molecule has 8 nitrogen and oxygen atoms in total. The molecule has 48 heavy (non-hydrogen) atoms. The van der Waals surface area contributed by atoms with E-state index in [1.54, 1.807) is 0 Å². The van der Waals surface area contributed by atoms with Crippen LogP contribution in [0, 0.1) is 13.8 Å². The minimum Gasteiger partial charge on any atom is -0.381 e. The number of fused-ring (bicyclic) bond motifs is 1. The lowest BCUT2D eigenvalue weighted by atomic mass is 9.88. The first-order valence-electron chi connectivity index (χ1n) is 18.0. The molecule has 2 aromatic carbocycles. The van der Waals surface area contributed by atoms with Crippen molar-refractivity contribution in [1.82, 2.24) is 20.1 Å². The molecular formula is C40H53N5O3. The van der Waals surface area contributed by atoms with Crippen LogP contribution in [0.2, 0.25) is 0 Å². The van der Waals surface area contributed by atoms with Crippen molar-refractivity contribution >= 4 is 23.7 Å². The van der Waals surface area contributed by atoms with Crippen molar-refractivity contribution in [2.45, 2.75) is 78.4 Å². The highest BCUT2D eigenvalue weighted by Crippen LogP contribution is 2.31. The van der Waals surface area contributed by atoms with Gasteiger partial charge >= 0.3 is 0 Å². The summed E-state index contributed by atoms with van der Waals surface area (Å²) in [5.74, 6) is -0.148. The number of nitrogens with one attached hydrogen (secondary N) is 2. The molecule has 1 aliphatic carbocycles. The zero-order valence-electron chi connectivity index (χ0n) is 29.4. The fourth-order valence-corrected chi connectivity index (χ4v) is 7.73. The first kappa shape index (κ1) is 34.2. The third-order valence-electron chi connectivity index (χ3n) is 10.7. The monoisotopic (exact) mass is 651 g/mol. The predicted molar refractivity (Wildman–Crippen MR) is 196 cm³/mol. The number of carbonyl (C=O) groups is 1. The molecule has 6 rings (SSSR count). The normalized spacial score (nSPS) is 17.8. The molecule has 0 bridgehead atoms. The fraction of sp³-hybridized carbons (Fsp3) is 0.500. The summed E-state index contributed by atoms with van der Waals surface area (Å²) in [4.78, 5) is 37.4. The number of rotatable bonds is 10. The number of H-pyrrole nitrogens is 1. The highest BCUT2D eigenvalue weighted by molar-refractivity contribution is 5.98.